The van der Waals surface area contributed by atoms with Crippen LogP contribution in [0.3, 0.4) is 0 Å². The third-order valence-corrected chi connectivity index (χ3v) is 4.56. The van der Waals surface area contributed by atoms with Crippen molar-refractivity contribution in [1.82, 2.24) is 5.32 Å². The summed E-state index contributed by atoms with van der Waals surface area (Å²) in [5, 5.41) is 4.51. The molecule has 1 aromatic carbocycles. The number of nitrogens with one attached hydrogen (secondary N) is 1. The van der Waals surface area contributed by atoms with Crippen LogP contribution < -0.4 is 11.1 Å². The molecule has 1 saturated heterocycles. The van der Waals surface area contributed by atoms with Crippen molar-refractivity contribution in [3.05, 3.63) is 33.8 Å². The van der Waals surface area contributed by atoms with E-state index in [-0.39, 0.29) is 11.0 Å². The Balaban J connectivity index is 2.27. The molecular formula is C17H25Cl2N3O. The van der Waals surface area contributed by atoms with Crippen LogP contribution in [0, 0.1) is 0 Å². The fourth-order valence-corrected chi connectivity index (χ4v) is 3.46. The van der Waals surface area contributed by atoms with Crippen LogP contribution in [0.5, 0.6) is 0 Å². The monoisotopic (exact) mass is 357 g/mol. The molecule has 3 N–H and O–H groups in total. The Bertz CT molecular complexity index is 576. The van der Waals surface area contributed by atoms with Crippen LogP contribution in [0.15, 0.2) is 23.2 Å². The standard InChI is InChI=1S/C17H25Cl2N3O/c1-16(2,3)22-15(20)21-11-17(6-8-23-9-7-17)13-5-4-12(18)10-14(13)19/h4-5,10H,6-9,11H2,1-3H3,(H3,20,21,22). The molecule has 2 rings (SSSR count). The quantitative estimate of drug-likeness (QED) is 0.639. The Hall–Kier alpha value is -0.970. The average Bonchev–Trinajstić information content (AvgIpc) is 2.44. The molecule has 23 heavy (non-hydrogen) atoms. The van der Waals surface area contributed by atoms with E-state index in [1.807, 2.05) is 12.1 Å². The molecule has 0 atom stereocenters. The molecule has 0 aliphatic carbocycles. The molecule has 1 aliphatic rings. The summed E-state index contributed by atoms with van der Waals surface area (Å²) in [5.41, 5.74) is 6.82. The van der Waals surface area contributed by atoms with Crippen molar-refractivity contribution in [3.8, 4) is 0 Å². The highest BCUT2D eigenvalue weighted by Crippen LogP contribution is 2.39. The van der Waals surface area contributed by atoms with E-state index in [1.165, 1.54) is 0 Å². The smallest absolute Gasteiger partial charge is 0.189 e. The SMILES string of the molecule is CC(C)(C)NC(N)=NCC1(c2ccc(Cl)cc2Cl)CCOCC1. The summed E-state index contributed by atoms with van der Waals surface area (Å²) >= 11 is 12.5. The maximum absolute atomic E-state index is 6.45. The number of aliphatic imine (C=N–C) groups is 1. The summed E-state index contributed by atoms with van der Waals surface area (Å²) in [4.78, 5) is 4.58. The van der Waals surface area contributed by atoms with E-state index in [2.05, 4.69) is 31.1 Å². The first-order valence-corrected chi connectivity index (χ1v) is 8.59. The van der Waals surface area contributed by atoms with Gasteiger partial charge in [0.05, 0.1) is 6.54 Å². The predicted molar refractivity (Wildman–Crippen MR) is 97.6 cm³/mol. The molecule has 0 radical (unpaired) electrons. The third-order valence-electron chi connectivity index (χ3n) is 4.01. The van der Waals surface area contributed by atoms with Crippen molar-refractivity contribution in [2.24, 2.45) is 10.7 Å². The van der Waals surface area contributed by atoms with E-state index >= 15 is 0 Å². The normalized spacial score (nSPS) is 18.7. The summed E-state index contributed by atoms with van der Waals surface area (Å²) in [6.45, 7) is 8.12. The molecule has 6 heteroatoms. The molecule has 0 aromatic heterocycles. The fourth-order valence-electron chi connectivity index (χ4n) is 2.85. The van der Waals surface area contributed by atoms with Crippen molar-refractivity contribution in [2.45, 2.75) is 44.6 Å². The number of nitrogens with zero attached hydrogens (tertiary/aromatic N) is 1. The molecule has 1 aliphatic heterocycles. The van der Waals surface area contributed by atoms with Crippen LogP contribution in [-0.4, -0.2) is 31.3 Å². The number of halogens is 2. The van der Waals surface area contributed by atoms with E-state index in [9.17, 15) is 0 Å². The van der Waals surface area contributed by atoms with Crippen LogP contribution >= 0.6 is 23.2 Å². The lowest BCUT2D eigenvalue weighted by molar-refractivity contribution is 0.0531. The Morgan fingerprint density at radius 2 is 1.96 bits per heavy atom. The Kier molecular flexibility index (Phi) is 5.82. The molecule has 0 bridgehead atoms. The number of hydrogen-bond acceptors (Lipinski definition) is 2. The van der Waals surface area contributed by atoms with Gasteiger partial charge in [0.2, 0.25) is 0 Å². The molecule has 1 aromatic rings. The minimum Gasteiger partial charge on any atom is -0.381 e. The maximum Gasteiger partial charge on any atom is 0.189 e. The van der Waals surface area contributed by atoms with Crippen molar-refractivity contribution >= 4 is 29.2 Å². The third kappa shape index (κ3) is 5.00. The summed E-state index contributed by atoms with van der Waals surface area (Å²) in [6.07, 6.45) is 1.72. The molecule has 1 heterocycles. The van der Waals surface area contributed by atoms with E-state index in [1.54, 1.807) is 6.07 Å². The molecule has 0 spiro atoms. The van der Waals surface area contributed by atoms with Gasteiger partial charge in [-0.2, -0.15) is 0 Å². The van der Waals surface area contributed by atoms with Gasteiger partial charge in [0.25, 0.3) is 0 Å². The van der Waals surface area contributed by atoms with Crippen molar-refractivity contribution < 1.29 is 4.74 Å². The molecular weight excluding hydrogens is 333 g/mol. The fraction of sp³-hybridized carbons (Fsp3) is 0.588. The van der Waals surface area contributed by atoms with Crippen LogP contribution in [-0.2, 0) is 10.2 Å². The van der Waals surface area contributed by atoms with Gasteiger partial charge < -0.3 is 15.8 Å². The largest absolute Gasteiger partial charge is 0.381 e. The number of benzene rings is 1. The van der Waals surface area contributed by atoms with Gasteiger partial charge in [-0.15, -0.1) is 0 Å². The van der Waals surface area contributed by atoms with Gasteiger partial charge in [0.15, 0.2) is 5.96 Å². The lowest BCUT2D eigenvalue weighted by Crippen LogP contribution is -2.46. The highest BCUT2D eigenvalue weighted by molar-refractivity contribution is 6.35. The number of guanidine groups is 1. The Morgan fingerprint density at radius 3 is 2.52 bits per heavy atom. The summed E-state index contributed by atoms with van der Waals surface area (Å²) in [7, 11) is 0. The second kappa shape index (κ2) is 7.29. The second-order valence-electron chi connectivity index (χ2n) is 7.09. The van der Waals surface area contributed by atoms with E-state index < -0.39 is 0 Å². The van der Waals surface area contributed by atoms with Gasteiger partial charge in [-0.3, -0.25) is 4.99 Å². The molecule has 0 unspecified atom stereocenters. The summed E-state index contributed by atoms with van der Waals surface area (Å²) in [6, 6.07) is 5.66. The zero-order valence-electron chi connectivity index (χ0n) is 14.0. The lowest BCUT2D eigenvalue weighted by Gasteiger charge is -2.37. The van der Waals surface area contributed by atoms with Crippen molar-refractivity contribution in [2.75, 3.05) is 19.8 Å². The van der Waals surface area contributed by atoms with Crippen molar-refractivity contribution in [1.29, 1.82) is 0 Å². The van der Waals surface area contributed by atoms with Crippen molar-refractivity contribution in [3.63, 3.8) is 0 Å². The summed E-state index contributed by atoms with van der Waals surface area (Å²) < 4.78 is 5.53. The number of hydrogen-bond donors (Lipinski definition) is 2. The molecule has 0 saturated carbocycles. The van der Waals surface area contributed by atoms with E-state index in [4.69, 9.17) is 33.7 Å². The second-order valence-corrected chi connectivity index (χ2v) is 7.94. The Morgan fingerprint density at radius 1 is 1.30 bits per heavy atom. The first kappa shape index (κ1) is 18.4. The van der Waals surface area contributed by atoms with Gasteiger partial charge in [-0.1, -0.05) is 29.3 Å². The van der Waals surface area contributed by atoms with Gasteiger partial charge in [0.1, 0.15) is 0 Å². The lowest BCUT2D eigenvalue weighted by atomic mass is 9.74. The first-order valence-electron chi connectivity index (χ1n) is 7.83. The van der Waals surface area contributed by atoms with Gasteiger partial charge in [-0.05, 0) is 51.3 Å². The van der Waals surface area contributed by atoms with Crippen LogP contribution in [0.25, 0.3) is 0 Å². The highest BCUT2D eigenvalue weighted by Gasteiger charge is 2.36. The van der Waals surface area contributed by atoms with Gasteiger partial charge >= 0.3 is 0 Å². The predicted octanol–water partition coefficient (Wildman–Crippen LogP) is 3.74. The first-order chi connectivity index (χ1) is 10.7. The minimum atomic E-state index is -0.163. The number of rotatable bonds is 3. The van der Waals surface area contributed by atoms with Crippen LogP contribution in [0.2, 0.25) is 10.0 Å². The van der Waals surface area contributed by atoms with E-state index in [0.29, 0.717) is 35.8 Å². The zero-order valence-corrected chi connectivity index (χ0v) is 15.5. The van der Waals surface area contributed by atoms with Crippen LogP contribution in [0.4, 0.5) is 0 Å². The van der Waals surface area contributed by atoms with Gasteiger partial charge in [-0.25, -0.2) is 0 Å². The molecule has 1 fully saturated rings. The molecule has 4 nitrogen and oxygen atoms in total. The summed E-state index contributed by atoms with van der Waals surface area (Å²) in [5.74, 6) is 0.452. The zero-order chi connectivity index (χ0) is 17.1. The number of nitrogens with two attached hydrogens (primary N) is 1. The topological polar surface area (TPSA) is 59.6 Å². The number of ether oxygens (including phenoxy) is 1. The minimum absolute atomic E-state index is 0.117. The van der Waals surface area contributed by atoms with E-state index in [0.717, 1.165) is 18.4 Å². The molecule has 0 amide bonds. The Labute approximate surface area is 148 Å². The van der Waals surface area contributed by atoms with Crippen LogP contribution in [0.1, 0.15) is 39.2 Å². The maximum atomic E-state index is 6.45. The van der Waals surface area contributed by atoms with Gasteiger partial charge in [0, 0.05) is 34.2 Å². The highest BCUT2D eigenvalue weighted by atomic mass is 35.5. The molecule has 128 valence electrons. The average molecular weight is 358 g/mol.